The molecule has 0 atom stereocenters. The molecule has 4 nitrogen and oxygen atoms in total. The summed E-state index contributed by atoms with van der Waals surface area (Å²) in [6.07, 6.45) is 2.46. The van der Waals surface area contributed by atoms with E-state index in [0.29, 0.717) is 4.77 Å². The number of hydrogen-bond donors (Lipinski definition) is 1. The number of aryl methyl sites for hydroxylation is 1. The molecule has 0 aromatic carbocycles. The van der Waals surface area contributed by atoms with Gasteiger partial charge in [-0.15, -0.1) is 0 Å². The summed E-state index contributed by atoms with van der Waals surface area (Å²) in [6.45, 7) is 6.39. The van der Waals surface area contributed by atoms with Crippen molar-refractivity contribution in [2.75, 3.05) is 18.0 Å². The van der Waals surface area contributed by atoms with E-state index >= 15 is 0 Å². The molecular weight excluding hydrogens is 208 g/mol. The van der Waals surface area contributed by atoms with Gasteiger partial charge in [0.05, 0.1) is 0 Å². The summed E-state index contributed by atoms with van der Waals surface area (Å²) in [7, 11) is 0. The van der Waals surface area contributed by atoms with Crippen LogP contribution in [0.15, 0.2) is 0 Å². The molecule has 0 spiro atoms. The Morgan fingerprint density at radius 2 is 2.07 bits per heavy atom. The summed E-state index contributed by atoms with van der Waals surface area (Å²) < 4.78 is 0.467. The maximum Gasteiger partial charge on any atom is 0.215 e. The van der Waals surface area contributed by atoms with E-state index in [4.69, 9.17) is 12.2 Å². The highest BCUT2D eigenvalue weighted by Crippen LogP contribution is 2.22. The highest BCUT2D eigenvalue weighted by Gasteiger charge is 2.18. The van der Waals surface area contributed by atoms with Crippen LogP contribution < -0.4 is 4.90 Å². The zero-order valence-corrected chi connectivity index (χ0v) is 9.97. The number of piperidine rings is 1. The maximum atomic E-state index is 5.00. The van der Waals surface area contributed by atoms with Crippen molar-refractivity contribution in [2.45, 2.75) is 26.7 Å². The number of aromatic amines is 1. The molecule has 5 heteroatoms. The summed E-state index contributed by atoms with van der Waals surface area (Å²) in [5, 5.41) is 6.85. The van der Waals surface area contributed by atoms with Gasteiger partial charge in [-0.1, -0.05) is 6.92 Å². The minimum atomic E-state index is 0.467. The van der Waals surface area contributed by atoms with E-state index in [1.807, 2.05) is 6.92 Å². The van der Waals surface area contributed by atoms with Gasteiger partial charge in [-0.25, -0.2) is 0 Å². The van der Waals surface area contributed by atoms with Gasteiger partial charge in [-0.3, -0.25) is 5.10 Å². The largest absolute Gasteiger partial charge is 0.355 e. The summed E-state index contributed by atoms with van der Waals surface area (Å²) in [5.74, 6) is 1.78. The van der Waals surface area contributed by atoms with Gasteiger partial charge >= 0.3 is 0 Å². The third-order valence-corrected chi connectivity index (χ3v) is 3.12. The zero-order chi connectivity index (χ0) is 10.8. The molecule has 2 rings (SSSR count). The maximum absolute atomic E-state index is 5.00. The number of anilines is 1. The van der Waals surface area contributed by atoms with E-state index < -0.39 is 0 Å². The van der Waals surface area contributed by atoms with Crippen LogP contribution >= 0.6 is 12.2 Å². The molecular formula is C10H16N4S. The molecule has 82 valence electrons. The Balaban J connectivity index is 2.22. The molecule has 0 amide bonds. The van der Waals surface area contributed by atoms with Crippen LogP contribution in [0.1, 0.15) is 25.5 Å². The summed E-state index contributed by atoms with van der Waals surface area (Å²) in [6, 6.07) is 0. The molecule has 1 aliphatic heterocycles. The van der Waals surface area contributed by atoms with Gasteiger partial charge in [0.25, 0.3) is 0 Å². The van der Waals surface area contributed by atoms with Gasteiger partial charge in [0, 0.05) is 13.1 Å². The highest BCUT2D eigenvalue weighted by atomic mass is 32.1. The summed E-state index contributed by atoms with van der Waals surface area (Å²) in [5.41, 5.74) is 0.929. The molecule has 0 radical (unpaired) electrons. The third-order valence-electron chi connectivity index (χ3n) is 2.93. The monoisotopic (exact) mass is 224 g/mol. The van der Waals surface area contributed by atoms with Crippen LogP contribution in [-0.4, -0.2) is 28.3 Å². The second-order valence-corrected chi connectivity index (χ2v) is 4.61. The first kappa shape index (κ1) is 10.5. The molecule has 1 aliphatic rings. The first-order valence-corrected chi connectivity index (χ1v) is 5.76. The van der Waals surface area contributed by atoms with Crippen molar-refractivity contribution >= 4 is 18.0 Å². The Morgan fingerprint density at radius 3 is 2.73 bits per heavy atom. The van der Waals surface area contributed by atoms with Gasteiger partial charge in [0.15, 0.2) is 5.82 Å². The molecule has 1 aromatic heterocycles. The van der Waals surface area contributed by atoms with E-state index in [1.165, 1.54) is 12.8 Å². The van der Waals surface area contributed by atoms with Crippen LogP contribution in [0.2, 0.25) is 0 Å². The number of nitrogens with zero attached hydrogens (tertiary/aromatic N) is 3. The van der Waals surface area contributed by atoms with E-state index in [1.54, 1.807) is 0 Å². The Kier molecular flexibility index (Phi) is 3.00. The molecule has 1 aromatic rings. The minimum absolute atomic E-state index is 0.467. The van der Waals surface area contributed by atoms with Crippen LogP contribution in [0.4, 0.5) is 5.82 Å². The lowest BCUT2D eigenvalue weighted by Gasteiger charge is -2.31. The molecule has 2 heterocycles. The van der Waals surface area contributed by atoms with Gasteiger partial charge in [0.1, 0.15) is 5.69 Å². The lowest BCUT2D eigenvalue weighted by molar-refractivity contribution is 0.435. The molecule has 1 fully saturated rings. The molecule has 0 bridgehead atoms. The van der Waals surface area contributed by atoms with Crippen molar-refractivity contribution in [3.05, 3.63) is 10.5 Å². The summed E-state index contributed by atoms with van der Waals surface area (Å²) >= 11 is 5.00. The number of nitrogens with one attached hydrogen (secondary N) is 1. The average Bonchev–Trinajstić information content (AvgIpc) is 2.23. The quantitative estimate of drug-likeness (QED) is 0.742. The first-order valence-electron chi connectivity index (χ1n) is 5.35. The Bertz CT molecular complexity index is 393. The van der Waals surface area contributed by atoms with E-state index in [-0.39, 0.29) is 0 Å². The van der Waals surface area contributed by atoms with Crippen molar-refractivity contribution in [2.24, 2.45) is 5.92 Å². The third kappa shape index (κ3) is 2.34. The van der Waals surface area contributed by atoms with Crippen LogP contribution in [-0.2, 0) is 0 Å². The normalized spacial score (nSPS) is 18.1. The van der Waals surface area contributed by atoms with Crippen molar-refractivity contribution < 1.29 is 0 Å². The fourth-order valence-electron chi connectivity index (χ4n) is 1.90. The van der Waals surface area contributed by atoms with Crippen molar-refractivity contribution in [3.8, 4) is 0 Å². The lowest BCUT2D eigenvalue weighted by Crippen LogP contribution is -2.34. The molecule has 0 aliphatic carbocycles. The first-order chi connectivity index (χ1) is 7.16. The van der Waals surface area contributed by atoms with Gasteiger partial charge in [0.2, 0.25) is 4.77 Å². The van der Waals surface area contributed by atoms with Gasteiger partial charge < -0.3 is 4.90 Å². The van der Waals surface area contributed by atoms with Crippen molar-refractivity contribution in [1.29, 1.82) is 0 Å². The number of aromatic nitrogens is 3. The smallest absolute Gasteiger partial charge is 0.215 e. The minimum Gasteiger partial charge on any atom is -0.355 e. The Hall–Kier alpha value is -0.970. The number of hydrogen-bond acceptors (Lipinski definition) is 4. The van der Waals surface area contributed by atoms with Crippen LogP contribution in [0.3, 0.4) is 0 Å². The Labute approximate surface area is 94.7 Å². The van der Waals surface area contributed by atoms with E-state index in [2.05, 4.69) is 27.0 Å². The molecule has 0 saturated carbocycles. The van der Waals surface area contributed by atoms with Crippen molar-refractivity contribution in [1.82, 2.24) is 15.2 Å². The van der Waals surface area contributed by atoms with Crippen LogP contribution in [0.5, 0.6) is 0 Å². The SMILES string of the molecule is Cc1n[nH]c(=S)nc1N1CCC(C)CC1. The highest BCUT2D eigenvalue weighted by molar-refractivity contribution is 7.71. The summed E-state index contributed by atoms with van der Waals surface area (Å²) in [4.78, 5) is 6.63. The predicted molar refractivity (Wildman–Crippen MR) is 62.6 cm³/mol. The van der Waals surface area contributed by atoms with E-state index in [9.17, 15) is 0 Å². The lowest BCUT2D eigenvalue weighted by atomic mass is 9.99. The van der Waals surface area contributed by atoms with Crippen molar-refractivity contribution in [3.63, 3.8) is 0 Å². The average molecular weight is 224 g/mol. The van der Waals surface area contributed by atoms with E-state index in [0.717, 1.165) is 30.5 Å². The second-order valence-electron chi connectivity index (χ2n) is 4.22. The number of H-pyrrole nitrogens is 1. The molecule has 0 unspecified atom stereocenters. The fourth-order valence-corrected chi connectivity index (χ4v) is 2.04. The topological polar surface area (TPSA) is 44.8 Å². The Morgan fingerprint density at radius 1 is 1.40 bits per heavy atom. The van der Waals surface area contributed by atoms with Gasteiger partial charge in [-0.2, -0.15) is 10.1 Å². The standard InChI is InChI=1S/C10H16N4S/c1-7-3-5-14(6-4-7)9-8(2)12-13-10(15)11-9/h7H,3-6H2,1-2H3,(H,11,13,15). The van der Waals surface area contributed by atoms with Crippen LogP contribution in [0.25, 0.3) is 0 Å². The fraction of sp³-hybridized carbons (Fsp3) is 0.700. The predicted octanol–water partition coefficient (Wildman–Crippen LogP) is 2.08. The molecule has 15 heavy (non-hydrogen) atoms. The number of rotatable bonds is 1. The molecule has 1 N–H and O–H groups in total. The second kappa shape index (κ2) is 4.26. The zero-order valence-electron chi connectivity index (χ0n) is 9.16. The van der Waals surface area contributed by atoms with Crippen LogP contribution in [0, 0.1) is 17.6 Å². The molecule has 1 saturated heterocycles. The van der Waals surface area contributed by atoms with Gasteiger partial charge in [-0.05, 0) is 37.9 Å².